The van der Waals surface area contributed by atoms with Gasteiger partial charge in [-0.25, -0.2) is 4.98 Å². The van der Waals surface area contributed by atoms with Gasteiger partial charge in [-0.05, 0) is 74.7 Å². The molecular formula is C24H29N3O4S. The minimum absolute atomic E-state index is 0.0836. The molecule has 0 fully saturated rings. The first kappa shape index (κ1) is 23.6. The van der Waals surface area contributed by atoms with Crippen molar-refractivity contribution in [2.24, 2.45) is 10.9 Å². The minimum Gasteiger partial charge on any atom is -0.494 e. The van der Waals surface area contributed by atoms with Gasteiger partial charge in [-0.3, -0.25) is 0 Å². The summed E-state index contributed by atoms with van der Waals surface area (Å²) in [6, 6.07) is 15.2. The fraction of sp³-hybridized carbons (Fsp3) is 0.333. The second-order valence-corrected chi connectivity index (χ2v) is 8.52. The van der Waals surface area contributed by atoms with Crippen molar-refractivity contribution in [2.45, 2.75) is 32.8 Å². The van der Waals surface area contributed by atoms with E-state index in [2.05, 4.69) is 10.1 Å². The van der Waals surface area contributed by atoms with Crippen molar-refractivity contribution in [2.75, 3.05) is 20.3 Å². The summed E-state index contributed by atoms with van der Waals surface area (Å²) in [6.45, 7) is 3.88. The topological polar surface area (TPSA) is 99.2 Å². The molecule has 3 N–H and O–H groups in total. The van der Waals surface area contributed by atoms with Crippen LogP contribution in [0.4, 0.5) is 0 Å². The Morgan fingerprint density at radius 3 is 2.12 bits per heavy atom. The Balaban J connectivity index is 1.35. The fourth-order valence-corrected chi connectivity index (χ4v) is 4.10. The third-order valence-corrected chi connectivity index (χ3v) is 5.74. The summed E-state index contributed by atoms with van der Waals surface area (Å²) in [4.78, 5) is 5.77. The molecule has 8 heteroatoms. The van der Waals surface area contributed by atoms with E-state index in [4.69, 9.17) is 25.2 Å². The number of aromatic nitrogens is 1. The number of unbranched alkanes of at least 4 members (excludes halogenated alkanes) is 2. The van der Waals surface area contributed by atoms with Crippen LogP contribution >= 0.6 is 11.3 Å². The molecule has 0 unspecified atom stereocenters. The number of hydrogen-bond acceptors (Lipinski definition) is 7. The Kier molecular flexibility index (Phi) is 8.89. The van der Waals surface area contributed by atoms with E-state index in [1.807, 2.05) is 43.3 Å². The number of ether oxygens (including phenoxy) is 3. The third-order valence-electron chi connectivity index (χ3n) is 4.79. The van der Waals surface area contributed by atoms with Crippen LogP contribution in [0.25, 0.3) is 11.3 Å². The molecule has 0 spiro atoms. The molecule has 0 aliphatic rings. The number of rotatable bonds is 12. The molecule has 2 aromatic carbocycles. The Morgan fingerprint density at radius 2 is 1.56 bits per heavy atom. The van der Waals surface area contributed by atoms with E-state index >= 15 is 0 Å². The van der Waals surface area contributed by atoms with Gasteiger partial charge in [0.1, 0.15) is 11.5 Å². The summed E-state index contributed by atoms with van der Waals surface area (Å²) < 4.78 is 16.9. The average molecular weight is 456 g/mol. The quantitative estimate of drug-likeness (QED) is 0.131. The molecule has 32 heavy (non-hydrogen) atoms. The molecule has 0 saturated heterocycles. The van der Waals surface area contributed by atoms with Gasteiger partial charge in [0.2, 0.25) is 0 Å². The number of oxime groups is 1. The second-order valence-electron chi connectivity index (χ2n) is 7.23. The van der Waals surface area contributed by atoms with Crippen molar-refractivity contribution in [1.82, 2.24) is 4.98 Å². The van der Waals surface area contributed by atoms with E-state index in [0.29, 0.717) is 25.4 Å². The normalized spacial score (nSPS) is 11.5. The molecule has 170 valence electrons. The lowest BCUT2D eigenvalue weighted by Crippen LogP contribution is -2.12. The molecule has 3 rings (SSSR count). The van der Waals surface area contributed by atoms with Crippen molar-refractivity contribution >= 4 is 17.2 Å². The van der Waals surface area contributed by atoms with Gasteiger partial charge < -0.3 is 25.2 Å². The molecule has 0 bridgehead atoms. The molecule has 0 radical (unpaired) electrons. The van der Waals surface area contributed by atoms with Crippen LogP contribution in [-0.4, -0.2) is 36.4 Å². The molecule has 3 aromatic rings. The molecule has 0 aliphatic carbocycles. The maximum atomic E-state index is 8.68. The number of aryl methyl sites for hydroxylation is 1. The zero-order chi connectivity index (χ0) is 22.8. The molecule has 0 saturated carbocycles. The first-order chi connectivity index (χ1) is 15.6. The lowest BCUT2D eigenvalue weighted by molar-refractivity contribution is 0.188. The highest BCUT2D eigenvalue weighted by atomic mass is 32.1. The zero-order valence-electron chi connectivity index (χ0n) is 18.4. The summed E-state index contributed by atoms with van der Waals surface area (Å²) in [5.74, 6) is 1.70. The Hall–Kier alpha value is -3.10. The first-order valence-electron chi connectivity index (χ1n) is 10.5. The van der Waals surface area contributed by atoms with E-state index in [1.165, 1.54) is 0 Å². The molecule has 0 aliphatic heterocycles. The standard InChI is InChI=1S/C24H29N3O4S/c1-17-26-23(22(32-17)16-29-2)18-6-10-20(11-7-18)30-14-4-3-5-15-31-21-12-8-19(9-13-21)24(25)27-28/h6-13,28H,3-5,14-16H2,1-2H3,(H2,25,27). The molecule has 0 amide bonds. The monoisotopic (exact) mass is 455 g/mol. The lowest BCUT2D eigenvalue weighted by atomic mass is 10.1. The van der Waals surface area contributed by atoms with Crippen LogP contribution in [0, 0.1) is 6.92 Å². The van der Waals surface area contributed by atoms with Gasteiger partial charge in [0.15, 0.2) is 5.84 Å². The van der Waals surface area contributed by atoms with Crippen LogP contribution in [0.2, 0.25) is 0 Å². The smallest absolute Gasteiger partial charge is 0.170 e. The number of nitrogens with zero attached hydrogens (tertiary/aromatic N) is 2. The maximum absolute atomic E-state index is 8.68. The minimum atomic E-state index is 0.0836. The summed E-state index contributed by atoms with van der Waals surface area (Å²) in [5.41, 5.74) is 8.26. The van der Waals surface area contributed by atoms with Crippen LogP contribution < -0.4 is 15.2 Å². The largest absolute Gasteiger partial charge is 0.494 e. The summed E-state index contributed by atoms with van der Waals surface area (Å²) >= 11 is 1.67. The maximum Gasteiger partial charge on any atom is 0.170 e. The number of amidine groups is 1. The van der Waals surface area contributed by atoms with Gasteiger partial charge in [-0.1, -0.05) is 5.16 Å². The Labute approximate surface area is 192 Å². The Morgan fingerprint density at radius 1 is 0.969 bits per heavy atom. The van der Waals surface area contributed by atoms with Crippen LogP contribution in [0.1, 0.15) is 34.7 Å². The van der Waals surface area contributed by atoms with Crippen LogP contribution in [0.3, 0.4) is 0 Å². The number of hydrogen-bond donors (Lipinski definition) is 2. The highest BCUT2D eigenvalue weighted by Gasteiger charge is 2.11. The lowest BCUT2D eigenvalue weighted by Gasteiger charge is -2.09. The van der Waals surface area contributed by atoms with E-state index < -0.39 is 0 Å². The van der Waals surface area contributed by atoms with Gasteiger partial charge in [-0.2, -0.15) is 0 Å². The van der Waals surface area contributed by atoms with Gasteiger partial charge in [0.25, 0.3) is 0 Å². The average Bonchev–Trinajstić information content (AvgIpc) is 3.19. The molecule has 1 heterocycles. The number of nitrogens with two attached hydrogens (primary N) is 1. The predicted octanol–water partition coefficient (Wildman–Crippen LogP) is 4.99. The van der Waals surface area contributed by atoms with Crippen molar-refractivity contribution in [3.8, 4) is 22.8 Å². The molecule has 0 atom stereocenters. The van der Waals surface area contributed by atoms with Crippen molar-refractivity contribution < 1.29 is 19.4 Å². The molecule has 7 nitrogen and oxygen atoms in total. The summed E-state index contributed by atoms with van der Waals surface area (Å²) in [7, 11) is 1.70. The van der Waals surface area contributed by atoms with Crippen LogP contribution in [-0.2, 0) is 11.3 Å². The van der Waals surface area contributed by atoms with Gasteiger partial charge in [0.05, 0.1) is 35.4 Å². The predicted molar refractivity (Wildman–Crippen MR) is 127 cm³/mol. The summed E-state index contributed by atoms with van der Waals surface area (Å²) in [6.07, 6.45) is 2.91. The van der Waals surface area contributed by atoms with E-state index in [0.717, 1.165) is 51.9 Å². The van der Waals surface area contributed by atoms with Crippen molar-refractivity contribution in [3.63, 3.8) is 0 Å². The molecule has 1 aromatic heterocycles. The van der Waals surface area contributed by atoms with E-state index in [9.17, 15) is 0 Å². The summed E-state index contributed by atoms with van der Waals surface area (Å²) in [5, 5.41) is 12.7. The number of thiazole rings is 1. The third kappa shape index (κ3) is 6.70. The SMILES string of the molecule is COCc1sc(C)nc1-c1ccc(OCCCCCOc2ccc(C(N)=NO)cc2)cc1. The number of benzene rings is 2. The Bertz CT molecular complexity index is 1000. The van der Waals surface area contributed by atoms with Crippen LogP contribution in [0.5, 0.6) is 11.5 Å². The fourth-order valence-electron chi connectivity index (χ4n) is 3.17. The second kappa shape index (κ2) is 12.1. The van der Waals surface area contributed by atoms with Gasteiger partial charge in [0, 0.05) is 18.2 Å². The van der Waals surface area contributed by atoms with Crippen LogP contribution in [0.15, 0.2) is 53.7 Å². The highest BCUT2D eigenvalue weighted by molar-refractivity contribution is 7.12. The van der Waals surface area contributed by atoms with E-state index in [1.54, 1.807) is 30.6 Å². The zero-order valence-corrected chi connectivity index (χ0v) is 19.2. The number of methoxy groups -OCH3 is 1. The van der Waals surface area contributed by atoms with Crippen molar-refractivity contribution in [3.05, 3.63) is 64.0 Å². The molecular weight excluding hydrogens is 426 g/mol. The van der Waals surface area contributed by atoms with Crippen molar-refractivity contribution in [1.29, 1.82) is 0 Å². The first-order valence-corrected chi connectivity index (χ1v) is 11.3. The highest BCUT2D eigenvalue weighted by Crippen LogP contribution is 2.29. The van der Waals surface area contributed by atoms with Gasteiger partial charge >= 0.3 is 0 Å². The van der Waals surface area contributed by atoms with Gasteiger partial charge in [-0.15, -0.1) is 11.3 Å². The van der Waals surface area contributed by atoms with E-state index in [-0.39, 0.29) is 5.84 Å².